The molecule has 4 heteroatoms. The van der Waals surface area contributed by atoms with E-state index in [0.717, 1.165) is 55.5 Å². The topological polar surface area (TPSA) is 21.3 Å². The van der Waals surface area contributed by atoms with Crippen molar-refractivity contribution in [1.82, 2.24) is 4.57 Å². The molecule has 3 heterocycles. The fourth-order valence-corrected chi connectivity index (χ4v) is 8.24. The molecule has 0 fully saturated rings. The van der Waals surface area contributed by atoms with Gasteiger partial charge in [0.1, 0.15) is 11.1 Å². The minimum Gasteiger partial charge on any atom is -0.454 e. The number of anilines is 3. The van der Waals surface area contributed by atoms with Crippen molar-refractivity contribution in [1.29, 1.82) is 0 Å². The van der Waals surface area contributed by atoms with Gasteiger partial charge in [-0.2, -0.15) is 0 Å². The molecule has 7 aromatic carbocycles. The van der Waals surface area contributed by atoms with Gasteiger partial charge in [-0.25, -0.2) is 0 Å². The van der Waals surface area contributed by atoms with Gasteiger partial charge in [0.05, 0.1) is 16.9 Å². The molecule has 1 aliphatic rings. The van der Waals surface area contributed by atoms with E-state index >= 15 is 0 Å². The van der Waals surface area contributed by atoms with Crippen LogP contribution in [0.5, 0.6) is 0 Å². The molecule has 0 N–H and O–H groups in total. The highest BCUT2D eigenvalue weighted by Crippen LogP contribution is 2.52. The summed E-state index contributed by atoms with van der Waals surface area (Å²) in [6.45, 7) is 0. The Labute approximate surface area is 282 Å². The molecule has 2 aromatic heterocycles. The lowest BCUT2D eigenvalue weighted by Crippen LogP contribution is -2.14. The lowest BCUT2D eigenvalue weighted by molar-refractivity contribution is 0.673. The molecule has 0 saturated heterocycles. The van der Waals surface area contributed by atoms with Gasteiger partial charge in [-0.1, -0.05) is 109 Å². The Morgan fingerprint density at radius 3 is 1.94 bits per heavy atom. The predicted octanol–water partition coefficient (Wildman–Crippen LogP) is 12.8. The summed E-state index contributed by atoms with van der Waals surface area (Å²) in [6.07, 6.45) is 0. The van der Waals surface area contributed by atoms with Crippen molar-refractivity contribution < 1.29 is 4.42 Å². The summed E-state index contributed by atoms with van der Waals surface area (Å²) in [6, 6.07) is 60.7. The molecular weight excluding hydrogens is 605 g/mol. The van der Waals surface area contributed by atoms with E-state index in [1.54, 1.807) is 0 Å². The first kappa shape index (κ1) is 27.2. The third kappa shape index (κ3) is 4.23. The maximum atomic E-state index is 6.53. The second-order valence-corrected chi connectivity index (χ2v) is 13.3. The number of para-hydroxylation sites is 3. The van der Waals surface area contributed by atoms with Gasteiger partial charge >= 0.3 is 0 Å². The standard InChI is InChI=1S/C44H28N2OS/c1-3-11-29(12-4-1)32-22-26-39-42(28-32)48-41-18-10-8-16-38(41)45(39)34-23-19-30(20-24-34)31-21-25-37-36(27-31)44-43(35-15-7-9-17-40(35)47-44)46(37)33-13-5-2-6-14-33/h1-28H. The number of nitrogens with zero attached hydrogens (tertiary/aromatic N) is 2. The highest BCUT2D eigenvalue weighted by molar-refractivity contribution is 7.99. The summed E-state index contributed by atoms with van der Waals surface area (Å²) in [5.74, 6) is 0. The molecule has 0 atom stereocenters. The highest BCUT2D eigenvalue weighted by Gasteiger charge is 2.25. The van der Waals surface area contributed by atoms with Gasteiger partial charge in [-0.3, -0.25) is 0 Å². The third-order valence-electron chi connectivity index (χ3n) is 9.38. The van der Waals surface area contributed by atoms with Gasteiger partial charge in [0.25, 0.3) is 0 Å². The van der Waals surface area contributed by atoms with Crippen LogP contribution in [0.1, 0.15) is 0 Å². The van der Waals surface area contributed by atoms with E-state index in [2.05, 4.69) is 173 Å². The SMILES string of the molecule is c1ccc(-c2ccc3c(c2)Sc2ccccc2N3c2ccc(-c3ccc4c(c3)c3oc5ccccc5c3n4-c3ccccc3)cc2)cc1. The molecule has 48 heavy (non-hydrogen) atoms. The molecular formula is C44H28N2OS. The summed E-state index contributed by atoms with van der Waals surface area (Å²) in [5.41, 5.74) is 13.5. The van der Waals surface area contributed by atoms with Gasteiger partial charge in [0.2, 0.25) is 0 Å². The predicted molar refractivity (Wildman–Crippen MR) is 200 cm³/mol. The second kappa shape index (κ2) is 10.8. The van der Waals surface area contributed by atoms with Gasteiger partial charge in [-0.15, -0.1) is 0 Å². The minimum absolute atomic E-state index is 0.903. The van der Waals surface area contributed by atoms with Crippen molar-refractivity contribution in [2.45, 2.75) is 9.79 Å². The Hall–Kier alpha value is -5.97. The van der Waals surface area contributed by atoms with Crippen molar-refractivity contribution in [3.8, 4) is 27.9 Å². The monoisotopic (exact) mass is 632 g/mol. The number of fused-ring (bicyclic) bond motifs is 7. The molecule has 0 saturated carbocycles. The summed E-state index contributed by atoms with van der Waals surface area (Å²) in [5, 5.41) is 2.23. The molecule has 0 unspecified atom stereocenters. The molecule has 1 aliphatic heterocycles. The number of hydrogen-bond acceptors (Lipinski definition) is 3. The molecule has 0 radical (unpaired) electrons. The van der Waals surface area contributed by atoms with Crippen LogP contribution in [0, 0.1) is 0 Å². The van der Waals surface area contributed by atoms with Crippen LogP contribution in [0.3, 0.4) is 0 Å². The van der Waals surface area contributed by atoms with Crippen LogP contribution in [0.4, 0.5) is 17.1 Å². The summed E-state index contributed by atoms with van der Waals surface area (Å²) in [7, 11) is 0. The number of benzene rings is 7. The zero-order valence-electron chi connectivity index (χ0n) is 25.9. The molecule has 0 bridgehead atoms. The van der Waals surface area contributed by atoms with Crippen molar-refractivity contribution in [3.63, 3.8) is 0 Å². The Bertz CT molecular complexity index is 2640. The van der Waals surface area contributed by atoms with E-state index in [9.17, 15) is 0 Å². The second-order valence-electron chi connectivity index (χ2n) is 12.2. The molecule has 10 rings (SSSR count). The summed E-state index contributed by atoms with van der Waals surface area (Å²) >= 11 is 1.84. The Balaban J connectivity index is 1.08. The lowest BCUT2D eigenvalue weighted by atomic mass is 10.0. The van der Waals surface area contributed by atoms with Gasteiger partial charge in [0, 0.05) is 31.9 Å². The van der Waals surface area contributed by atoms with Crippen LogP contribution in [0.15, 0.2) is 184 Å². The highest BCUT2D eigenvalue weighted by atomic mass is 32.2. The number of aromatic nitrogens is 1. The van der Waals surface area contributed by atoms with E-state index in [1.165, 1.54) is 32.3 Å². The zero-order valence-corrected chi connectivity index (χ0v) is 26.7. The molecule has 226 valence electrons. The Morgan fingerprint density at radius 1 is 0.438 bits per heavy atom. The average molecular weight is 633 g/mol. The first-order valence-corrected chi connectivity index (χ1v) is 17.0. The summed E-state index contributed by atoms with van der Waals surface area (Å²) in [4.78, 5) is 4.89. The normalized spacial score (nSPS) is 12.5. The van der Waals surface area contributed by atoms with Crippen LogP contribution >= 0.6 is 11.8 Å². The van der Waals surface area contributed by atoms with Gasteiger partial charge in [0.15, 0.2) is 5.58 Å². The first-order chi connectivity index (χ1) is 23.8. The van der Waals surface area contributed by atoms with Gasteiger partial charge < -0.3 is 13.9 Å². The van der Waals surface area contributed by atoms with Crippen LogP contribution in [0.2, 0.25) is 0 Å². The molecule has 3 nitrogen and oxygen atoms in total. The van der Waals surface area contributed by atoms with Crippen LogP contribution in [-0.2, 0) is 0 Å². The smallest absolute Gasteiger partial charge is 0.161 e. The minimum atomic E-state index is 0.903. The largest absolute Gasteiger partial charge is 0.454 e. The molecule has 0 amide bonds. The number of hydrogen-bond donors (Lipinski definition) is 0. The van der Waals surface area contributed by atoms with Crippen molar-refractivity contribution in [2.24, 2.45) is 0 Å². The molecule has 9 aromatic rings. The van der Waals surface area contributed by atoms with Crippen LogP contribution in [0.25, 0.3) is 60.9 Å². The van der Waals surface area contributed by atoms with E-state index in [-0.39, 0.29) is 0 Å². The number of furan rings is 1. The lowest BCUT2D eigenvalue weighted by Gasteiger charge is -2.33. The maximum absolute atomic E-state index is 6.53. The number of rotatable bonds is 4. The van der Waals surface area contributed by atoms with Crippen LogP contribution < -0.4 is 4.90 Å². The quantitative estimate of drug-likeness (QED) is 0.193. The van der Waals surface area contributed by atoms with E-state index in [0.29, 0.717) is 0 Å². The Kier molecular flexibility index (Phi) is 6.11. The maximum Gasteiger partial charge on any atom is 0.161 e. The third-order valence-corrected chi connectivity index (χ3v) is 10.5. The fraction of sp³-hybridized carbons (Fsp3) is 0. The van der Waals surface area contributed by atoms with Crippen molar-refractivity contribution >= 4 is 61.8 Å². The van der Waals surface area contributed by atoms with E-state index in [1.807, 2.05) is 17.8 Å². The molecule has 0 aliphatic carbocycles. The van der Waals surface area contributed by atoms with Crippen molar-refractivity contribution in [2.75, 3.05) is 4.90 Å². The molecule has 0 spiro atoms. The van der Waals surface area contributed by atoms with E-state index in [4.69, 9.17) is 4.42 Å². The van der Waals surface area contributed by atoms with Crippen LogP contribution in [-0.4, -0.2) is 4.57 Å². The summed E-state index contributed by atoms with van der Waals surface area (Å²) < 4.78 is 8.86. The average Bonchev–Trinajstić information content (AvgIpc) is 3.69. The Morgan fingerprint density at radius 2 is 1.08 bits per heavy atom. The van der Waals surface area contributed by atoms with Crippen molar-refractivity contribution in [3.05, 3.63) is 170 Å². The fourth-order valence-electron chi connectivity index (χ4n) is 7.14. The van der Waals surface area contributed by atoms with E-state index < -0.39 is 0 Å². The first-order valence-electron chi connectivity index (χ1n) is 16.2. The van der Waals surface area contributed by atoms with Gasteiger partial charge in [-0.05, 0) is 95.1 Å². The zero-order chi connectivity index (χ0) is 31.6.